The number of benzene rings is 2. The molecule has 0 heterocycles. The summed E-state index contributed by atoms with van der Waals surface area (Å²) in [6.45, 7) is 1.53. The molecule has 0 aliphatic rings. The van der Waals surface area contributed by atoms with Crippen LogP contribution in [0.2, 0.25) is 10.0 Å². The summed E-state index contributed by atoms with van der Waals surface area (Å²) in [5.74, 6) is -0.633. The Morgan fingerprint density at radius 1 is 1.11 bits per heavy atom. The third kappa shape index (κ3) is 7.19. The normalized spacial score (nSPS) is 11.5. The number of rotatable bonds is 5. The van der Waals surface area contributed by atoms with Crippen molar-refractivity contribution < 1.29 is 14.3 Å². The predicted octanol–water partition coefficient (Wildman–Crippen LogP) is 3.50. The quantitative estimate of drug-likeness (QED) is 0.379. The first-order chi connectivity index (χ1) is 13.3. The maximum absolute atomic E-state index is 12.1. The summed E-state index contributed by atoms with van der Waals surface area (Å²) >= 11 is 16.8. The molecule has 2 aromatic carbocycles. The first kappa shape index (κ1) is 21.7. The molecule has 6 nitrogen and oxygen atoms in total. The highest BCUT2D eigenvalue weighted by atomic mass is 35.5. The lowest BCUT2D eigenvalue weighted by Gasteiger charge is -2.16. The van der Waals surface area contributed by atoms with Gasteiger partial charge in [-0.25, -0.2) is 0 Å². The Morgan fingerprint density at radius 2 is 1.82 bits per heavy atom. The van der Waals surface area contributed by atoms with Gasteiger partial charge < -0.3 is 4.74 Å². The lowest BCUT2D eigenvalue weighted by Crippen LogP contribution is -2.51. The smallest absolute Gasteiger partial charge is 0.279 e. The molecule has 1 atom stereocenters. The van der Waals surface area contributed by atoms with Gasteiger partial charge in [-0.2, -0.15) is 0 Å². The number of hydrazine groups is 1. The van der Waals surface area contributed by atoms with Crippen molar-refractivity contribution in [2.24, 2.45) is 0 Å². The van der Waals surface area contributed by atoms with Crippen LogP contribution in [0.3, 0.4) is 0 Å². The molecule has 2 aromatic rings. The molecule has 0 aromatic heterocycles. The summed E-state index contributed by atoms with van der Waals surface area (Å²) in [4.78, 5) is 23.9. The Hall–Kier alpha value is -2.61. The van der Waals surface area contributed by atoms with E-state index < -0.39 is 17.9 Å². The van der Waals surface area contributed by atoms with E-state index in [9.17, 15) is 9.59 Å². The Labute approximate surface area is 177 Å². The second-order valence-corrected chi connectivity index (χ2v) is 6.76. The van der Waals surface area contributed by atoms with Gasteiger partial charge in [-0.3, -0.25) is 25.8 Å². The van der Waals surface area contributed by atoms with Crippen LogP contribution in [0.25, 0.3) is 6.08 Å². The highest BCUT2D eigenvalue weighted by Gasteiger charge is 2.16. The van der Waals surface area contributed by atoms with Crippen LogP contribution in [0.5, 0.6) is 5.75 Å². The molecule has 0 saturated heterocycles. The molecule has 0 spiro atoms. The number of thiocarbonyl (C=S) groups is 1. The zero-order valence-corrected chi connectivity index (χ0v) is 17.1. The van der Waals surface area contributed by atoms with Crippen molar-refractivity contribution in [1.29, 1.82) is 0 Å². The van der Waals surface area contributed by atoms with Crippen molar-refractivity contribution in [3.63, 3.8) is 0 Å². The summed E-state index contributed by atoms with van der Waals surface area (Å²) in [6.07, 6.45) is 2.10. The van der Waals surface area contributed by atoms with Gasteiger partial charge in [0.05, 0.1) is 5.02 Å². The summed E-state index contributed by atoms with van der Waals surface area (Å²) in [5, 5.41) is 3.09. The molecule has 0 radical (unpaired) electrons. The topological polar surface area (TPSA) is 79.5 Å². The minimum absolute atomic E-state index is 0.0622. The Balaban J connectivity index is 1.77. The maximum atomic E-state index is 12.1. The SMILES string of the molecule is CC(Oc1ccc(Cl)cc1Cl)C(=O)NNC(=S)NC(=O)C=Cc1ccccc1. The first-order valence-corrected chi connectivity index (χ1v) is 9.27. The summed E-state index contributed by atoms with van der Waals surface area (Å²) in [7, 11) is 0. The molecule has 0 aliphatic carbocycles. The number of carbonyl (C=O) groups is 2. The van der Waals surface area contributed by atoms with Crippen molar-refractivity contribution in [1.82, 2.24) is 16.2 Å². The van der Waals surface area contributed by atoms with E-state index in [0.29, 0.717) is 10.8 Å². The van der Waals surface area contributed by atoms with E-state index in [1.165, 1.54) is 19.1 Å². The second kappa shape index (κ2) is 10.7. The Morgan fingerprint density at radius 3 is 2.50 bits per heavy atom. The van der Waals surface area contributed by atoms with Crippen molar-refractivity contribution in [2.45, 2.75) is 13.0 Å². The zero-order chi connectivity index (χ0) is 20.5. The van der Waals surface area contributed by atoms with Crippen molar-refractivity contribution in [2.75, 3.05) is 0 Å². The number of hydrogen-bond donors (Lipinski definition) is 3. The van der Waals surface area contributed by atoms with Crippen molar-refractivity contribution in [3.05, 3.63) is 70.2 Å². The van der Waals surface area contributed by atoms with E-state index in [-0.39, 0.29) is 10.1 Å². The number of ether oxygens (including phenoxy) is 1. The third-order valence-electron chi connectivity index (χ3n) is 3.33. The number of nitrogens with one attached hydrogen (secondary N) is 3. The van der Waals surface area contributed by atoms with E-state index in [1.807, 2.05) is 30.3 Å². The fourth-order valence-corrected chi connectivity index (χ4v) is 2.56. The summed E-state index contributed by atoms with van der Waals surface area (Å²) in [6, 6.07) is 14.0. The lowest BCUT2D eigenvalue weighted by molar-refractivity contribution is -0.128. The molecule has 0 fully saturated rings. The molecule has 146 valence electrons. The van der Waals surface area contributed by atoms with Gasteiger partial charge in [0.2, 0.25) is 5.91 Å². The molecule has 0 aliphatic heterocycles. The molecule has 3 N–H and O–H groups in total. The summed E-state index contributed by atoms with van der Waals surface area (Å²) in [5.41, 5.74) is 5.66. The van der Waals surface area contributed by atoms with Gasteiger partial charge in [0.15, 0.2) is 11.2 Å². The van der Waals surface area contributed by atoms with Gasteiger partial charge in [0.1, 0.15) is 5.75 Å². The molecule has 0 bridgehead atoms. The molecule has 2 rings (SSSR count). The number of carbonyl (C=O) groups excluding carboxylic acids is 2. The molecule has 2 amide bonds. The zero-order valence-electron chi connectivity index (χ0n) is 14.7. The van der Waals surface area contributed by atoms with Crippen LogP contribution in [-0.4, -0.2) is 23.0 Å². The minimum Gasteiger partial charge on any atom is -0.479 e. The molecule has 28 heavy (non-hydrogen) atoms. The van der Waals surface area contributed by atoms with E-state index in [2.05, 4.69) is 16.2 Å². The van der Waals surface area contributed by atoms with Crippen LogP contribution in [0, 0.1) is 0 Å². The molecular formula is C19H17Cl2N3O3S. The van der Waals surface area contributed by atoms with Crippen LogP contribution in [-0.2, 0) is 9.59 Å². The number of amides is 2. The predicted molar refractivity (Wildman–Crippen MR) is 114 cm³/mol. The standard InChI is InChI=1S/C19H17Cl2N3O3S/c1-12(27-16-9-8-14(20)11-15(16)21)18(26)23-24-19(28)22-17(25)10-7-13-5-3-2-4-6-13/h2-12H,1H3,(H,23,26)(H2,22,24,25,28). The molecule has 9 heteroatoms. The van der Waals surface area contributed by atoms with Gasteiger partial charge in [-0.15, -0.1) is 0 Å². The number of hydrogen-bond acceptors (Lipinski definition) is 4. The van der Waals surface area contributed by atoms with Crippen molar-refractivity contribution in [3.8, 4) is 5.75 Å². The molecule has 1 unspecified atom stereocenters. The van der Waals surface area contributed by atoms with Gasteiger partial charge in [-0.1, -0.05) is 53.5 Å². The average molecular weight is 438 g/mol. The van der Waals surface area contributed by atoms with Gasteiger partial charge in [0, 0.05) is 11.1 Å². The second-order valence-electron chi connectivity index (χ2n) is 5.51. The van der Waals surface area contributed by atoms with E-state index in [0.717, 1.165) is 5.56 Å². The van der Waals surface area contributed by atoms with Crippen LogP contribution in [0.1, 0.15) is 12.5 Å². The monoisotopic (exact) mass is 437 g/mol. The largest absolute Gasteiger partial charge is 0.479 e. The highest BCUT2D eigenvalue weighted by molar-refractivity contribution is 7.80. The van der Waals surface area contributed by atoms with E-state index in [4.69, 9.17) is 40.2 Å². The van der Waals surface area contributed by atoms with Gasteiger partial charge in [-0.05, 0) is 49.0 Å². The third-order valence-corrected chi connectivity index (χ3v) is 4.06. The fraction of sp³-hybridized carbons (Fsp3) is 0.105. The van der Waals surface area contributed by atoms with Crippen LogP contribution in [0.4, 0.5) is 0 Å². The molecule has 0 saturated carbocycles. The van der Waals surface area contributed by atoms with Gasteiger partial charge in [0.25, 0.3) is 5.91 Å². The van der Waals surface area contributed by atoms with E-state index in [1.54, 1.807) is 18.2 Å². The minimum atomic E-state index is -0.873. The first-order valence-electron chi connectivity index (χ1n) is 8.11. The Bertz CT molecular complexity index is 891. The van der Waals surface area contributed by atoms with E-state index >= 15 is 0 Å². The van der Waals surface area contributed by atoms with Crippen LogP contribution in [0.15, 0.2) is 54.6 Å². The van der Waals surface area contributed by atoms with Crippen LogP contribution < -0.4 is 20.9 Å². The lowest BCUT2D eigenvalue weighted by atomic mass is 10.2. The van der Waals surface area contributed by atoms with Crippen molar-refractivity contribution >= 4 is 58.4 Å². The summed E-state index contributed by atoms with van der Waals surface area (Å²) < 4.78 is 5.48. The van der Waals surface area contributed by atoms with Crippen LogP contribution >= 0.6 is 35.4 Å². The highest BCUT2D eigenvalue weighted by Crippen LogP contribution is 2.28. The Kier molecular flexibility index (Phi) is 8.25. The molecular weight excluding hydrogens is 421 g/mol. The number of halogens is 2. The van der Waals surface area contributed by atoms with Gasteiger partial charge >= 0.3 is 0 Å². The average Bonchev–Trinajstić information content (AvgIpc) is 2.67. The maximum Gasteiger partial charge on any atom is 0.279 e. The fourth-order valence-electron chi connectivity index (χ4n) is 1.96.